The predicted molar refractivity (Wildman–Crippen MR) is 89.6 cm³/mol. The largest absolute Gasteiger partial charge is 0.339 e. The van der Waals surface area contributed by atoms with Crippen LogP contribution in [-0.2, 0) is 4.79 Å². The number of urea groups is 1. The van der Waals surface area contributed by atoms with Crippen LogP contribution in [0.25, 0.3) is 0 Å². The highest BCUT2D eigenvalue weighted by Gasteiger charge is 2.48. The third-order valence-electron chi connectivity index (χ3n) is 5.51. The normalized spacial score (nSPS) is 24.7. The Morgan fingerprint density at radius 2 is 1.88 bits per heavy atom. The lowest BCUT2D eigenvalue weighted by molar-refractivity contribution is -0.125. The van der Waals surface area contributed by atoms with Gasteiger partial charge in [0.15, 0.2) is 0 Å². The third kappa shape index (κ3) is 2.66. The Hall–Kier alpha value is -2.37. The highest BCUT2D eigenvalue weighted by atomic mass is 16.2. The van der Waals surface area contributed by atoms with Gasteiger partial charge in [-0.15, -0.1) is 0 Å². The van der Waals surface area contributed by atoms with Crippen molar-refractivity contribution in [3.05, 3.63) is 34.9 Å². The predicted octanol–water partition coefficient (Wildman–Crippen LogP) is 1.75. The molecule has 6 heteroatoms. The number of hydrogen-bond acceptors (Lipinski definition) is 3. The molecule has 0 aliphatic carbocycles. The Balaban J connectivity index is 1.69. The van der Waals surface area contributed by atoms with Gasteiger partial charge in [-0.2, -0.15) is 0 Å². The van der Waals surface area contributed by atoms with Gasteiger partial charge in [-0.25, -0.2) is 4.79 Å². The van der Waals surface area contributed by atoms with Crippen LogP contribution in [0.2, 0.25) is 0 Å². The molecule has 3 rings (SSSR count). The van der Waals surface area contributed by atoms with Gasteiger partial charge in [-0.05, 0) is 56.7 Å². The van der Waals surface area contributed by atoms with Crippen LogP contribution in [0.4, 0.5) is 4.79 Å². The fraction of sp³-hybridized carbons (Fsp3) is 0.500. The van der Waals surface area contributed by atoms with E-state index in [1.54, 1.807) is 6.92 Å². The molecule has 0 spiro atoms. The third-order valence-corrected chi connectivity index (χ3v) is 5.51. The van der Waals surface area contributed by atoms with Gasteiger partial charge in [0.25, 0.3) is 11.8 Å². The van der Waals surface area contributed by atoms with Crippen LogP contribution in [0.5, 0.6) is 0 Å². The highest BCUT2D eigenvalue weighted by Crippen LogP contribution is 2.31. The van der Waals surface area contributed by atoms with Crippen LogP contribution in [0.1, 0.15) is 41.3 Å². The molecule has 2 fully saturated rings. The molecule has 1 atom stereocenters. The number of hydrogen-bond donors (Lipinski definition) is 2. The number of rotatable bonds is 2. The molecule has 2 heterocycles. The van der Waals surface area contributed by atoms with E-state index >= 15 is 0 Å². The summed E-state index contributed by atoms with van der Waals surface area (Å²) < 4.78 is 0. The molecule has 6 nitrogen and oxygen atoms in total. The van der Waals surface area contributed by atoms with Gasteiger partial charge < -0.3 is 10.2 Å². The number of likely N-dealkylation sites (tertiary alicyclic amines) is 1. The SMILES string of the molecule is Cc1cccc(C(=O)N2CCC(C3(C)NC(=O)NC3=O)CC2)c1C. The van der Waals surface area contributed by atoms with Crippen molar-refractivity contribution < 1.29 is 14.4 Å². The van der Waals surface area contributed by atoms with E-state index < -0.39 is 11.6 Å². The molecule has 0 bridgehead atoms. The summed E-state index contributed by atoms with van der Waals surface area (Å²) in [6.45, 7) is 6.92. The first-order chi connectivity index (χ1) is 11.3. The zero-order valence-corrected chi connectivity index (χ0v) is 14.3. The topological polar surface area (TPSA) is 78.5 Å². The number of carbonyl (C=O) groups is 3. The molecule has 0 aromatic heterocycles. The Kier molecular flexibility index (Phi) is 4.07. The maximum absolute atomic E-state index is 12.8. The van der Waals surface area contributed by atoms with Gasteiger partial charge in [0, 0.05) is 18.7 Å². The van der Waals surface area contributed by atoms with E-state index in [1.165, 1.54) is 0 Å². The molecular weight excluding hydrogens is 306 g/mol. The fourth-order valence-electron chi connectivity index (χ4n) is 3.66. The summed E-state index contributed by atoms with van der Waals surface area (Å²) in [6.07, 6.45) is 1.39. The average molecular weight is 329 g/mol. The smallest absolute Gasteiger partial charge is 0.322 e. The second kappa shape index (κ2) is 5.92. The van der Waals surface area contributed by atoms with Crippen molar-refractivity contribution in [1.29, 1.82) is 0 Å². The van der Waals surface area contributed by atoms with E-state index in [4.69, 9.17) is 0 Å². The van der Waals surface area contributed by atoms with E-state index in [-0.39, 0.29) is 17.7 Å². The van der Waals surface area contributed by atoms with Crippen molar-refractivity contribution >= 4 is 17.8 Å². The molecular formula is C18H23N3O3. The van der Waals surface area contributed by atoms with Crippen LogP contribution in [0, 0.1) is 19.8 Å². The zero-order valence-electron chi connectivity index (χ0n) is 14.3. The van der Waals surface area contributed by atoms with Crippen LogP contribution < -0.4 is 10.6 Å². The fourth-order valence-corrected chi connectivity index (χ4v) is 3.66. The number of aryl methyl sites for hydroxylation is 1. The standard InChI is InChI=1S/C18H23N3O3/c1-11-5-4-6-14(12(11)2)15(22)21-9-7-13(8-10-21)18(3)16(23)19-17(24)20-18/h4-6,13H,7-10H2,1-3H3,(H2,19,20,23,24). The summed E-state index contributed by atoms with van der Waals surface area (Å²) >= 11 is 0. The van der Waals surface area contributed by atoms with Gasteiger partial charge in [-0.1, -0.05) is 12.1 Å². The van der Waals surface area contributed by atoms with Crippen LogP contribution in [-0.4, -0.2) is 41.4 Å². The van der Waals surface area contributed by atoms with Crippen molar-refractivity contribution in [3.63, 3.8) is 0 Å². The van der Waals surface area contributed by atoms with Gasteiger partial charge in [0.1, 0.15) is 5.54 Å². The van der Waals surface area contributed by atoms with Gasteiger partial charge >= 0.3 is 6.03 Å². The Morgan fingerprint density at radius 1 is 1.21 bits per heavy atom. The van der Waals surface area contributed by atoms with Gasteiger partial charge in [0.2, 0.25) is 0 Å². The lowest BCUT2D eigenvalue weighted by Crippen LogP contribution is -2.54. The minimum atomic E-state index is -0.870. The maximum atomic E-state index is 12.8. The number of nitrogens with zero attached hydrogens (tertiary/aromatic N) is 1. The minimum absolute atomic E-state index is 0.0339. The van der Waals surface area contributed by atoms with E-state index in [1.807, 2.05) is 36.9 Å². The monoisotopic (exact) mass is 329 g/mol. The Labute approximate surface area is 141 Å². The maximum Gasteiger partial charge on any atom is 0.322 e. The zero-order chi connectivity index (χ0) is 17.5. The van der Waals surface area contributed by atoms with E-state index in [0.29, 0.717) is 25.9 Å². The number of imide groups is 1. The van der Waals surface area contributed by atoms with E-state index in [2.05, 4.69) is 10.6 Å². The molecule has 1 aromatic rings. The summed E-state index contributed by atoms with van der Waals surface area (Å²) in [5.41, 5.74) is 1.99. The first-order valence-electron chi connectivity index (χ1n) is 8.32. The van der Waals surface area contributed by atoms with Crippen molar-refractivity contribution in [2.45, 2.75) is 39.2 Å². The van der Waals surface area contributed by atoms with Crippen LogP contribution >= 0.6 is 0 Å². The molecule has 2 N–H and O–H groups in total. The van der Waals surface area contributed by atoms with E-state index in [9.17, 15) is 14.4 Å². The molecule has 4 amide bonds. The number of piperidine rings is 1. The molecule has 0 radical (unpaired) electrons. The quantitative estimate of drug-likeness (QED) is 0.812. The van der Waals surface area contributed by atoms with E-state index in [0.717, 1.165) is 16.7 Å². The summed E-state index contributed by atoms with van der Waals surface area (Å²) in [6, 6.07) is 5.33. The average Bonchev–Trinajstić information content (AvgIpc) is 2.83. The van der Waals surface area contributed by atoms with Crippen LogP contribution in [0.3, 0.4) is 0 Å². The number of nitrogens with one attached hydrogen (secondary N) is 2. The Morgan fingerprint density at radius 3 is 2.46 bits per heavy atom. The minimum Gasteiger partial charge on any atom is -0.339 e. The first kappa shape index (κ1) is 16.5. The second-order valence-corrected chi connectivity index (χ2v) is 6.92. The van der Waals surface area contributed by atoms with Crippen LogP contribution in [0.15, 0.2) is 18.2 Å². The highest BCUT2D eigenvalue weighted by molar-refractivity contribution is 6.07. The van der Waals surface area contributed by atoms with Crippen molar-refractivity contribution in [2.75, 3.05) is 13.1 Å². The first-order valence-corrected chi connectivity index (χ1v) is 8.32. The van der Waals surface area contributed by atoms with Gasteiger partial charge in [-0.3, -0.25) is 14.9 Å². The molecule has 0 saturated carbocycles. The molecule has 24 heavy (non-hydrogen) atoms. The lowest BCUT2D eigenvalue weighted by atomic mass is 9.79. The van der Waals surface area contributed by atoms with Crippen molar-refractivity contribution in [2.24, 2.45) is 5.92 Å². The molecule has 1 aromatic carbocycles. The number of amides is 4. The summed E-state index contributed by atoms with van der Waals surface area (Å²) in [7, 11) is 0. The van der Waals surface area contributed by atoms with Crippen molar-refractivity contribution in [1.82, 2.24) is 15.5 Å². The summed E-state index contributed by atoms with van der Waals surface area (Å²) in [5, 5.41) is 5.05. The molecule has 2 aliphatic heterocycles. The lowest BCUT2D eigenvalue weighted by Gasteiger charge is -2.38. The molecule has 1 unspecified atom stereocenters. The molecule has 2 saturated heterocycles. The molecule has 2 aliphatic rings. The summed E-state index contributed by atoms with van der Waals surface area (Å²) in [4.78, 5) is 38.1. The second-order valence-electron chi connectivity index (χ2n) is 6.92. The van der Waals surface area contributed by atoms with Gasteiger partial charge in [0.05, 0.1) is 0 Å². The number of benzene rings is 1. The summed E-state index contributed by atoms with van der Waals surface area (Å²) in [5.74, 6) is -0.196. The Bertz CT molecular complexity index is 707. The molecule has 128 valence electrons. The number of carbonyl (C=O) groups excluding carboxylic acids is 3. The van der Waals surface area contributed by atoms with Crippen molar-refractivity contribution in [3.8, 4) is 0 Å².